The first-order valence-electron chi connectivity index (χ1n) is 10.9. The van der Waals surface area contributed by atoms with Crippen LogP contribution in [0.15, 0.2) is 29.2 Å². The Hall–Kier alpha value is -2.38. The predicted octanol–water partition coefficient (Wildman–Crippen LogP) is 2.33. The van der Waals surface area contributed by atoms with E-state index in [4.69, 9.17) is 14.6 Å². The highest BCUT2D eigenvalue weighted by Crippen LogP contribution is 2.20. The van der Waals surface area contributed by atoms with Gasteiger partial charge in [-0.3, -0.25) is 4.79 Å². The van der Waals surface area contributed by atoms with Crippen LogP contribution in [0.25, 0.3) is 0 Å². The number of unbranched alkanes of at least 4 members (excludes halogenated alkanes) is 2. The standard InChI is InChI=1S/C19H31N3O4S.C2HF3O2/c1-3-5-6-13-22(16-19(23)21-14-11-20-12-15-21)27(24,25)18-9-7-17(8-10-18)26-4-2;3-2(4,5)1(6)7/h7-10,20H,3-6,11-16H2,1-2H3;(H,6,7). The molecule has 0 unspecified atom stereocenters. The van der Waals surface area contributed by atoms with E-state index in [0.29, 0.717) is 32.0 Å². The van der Waals surface area contributed by atoms with E-state index >= 15 is 0 Å². The molecule has 34 heavy (non-hydrogen) atoms. The number of amides is 1. The minimum Gasteiger partial charge on any atom is -0.494 e. The number of ether oxygens (including phenoxy) is 1. The predicted molar refractivity (Wildman–Crippen MR) is 119 cm³/mol. The van der Waals surface area contributed by atoms with Gasteiger partial charge in [-0.05, 0) is 37.6 Å². The number of hydrogen-bond donors (Lipinski definition) is 2. The molecule has 1 heterocycles. The van der Waals surface area contributed by atoms with Crippen LogP contribution in [0.3, 0.4) is 0 Å². The van der Waals surface area contributed by atoms with Crippen LogP contribution in [-0.4, -0.2) is 86.7 Å². The molecule has 1 aliphatic heterocycles. The van der Waals surface area contributed by atoms with Crippen LogP contribution in [0.5, 0.6) is 5.75 Å². The average molecular weight is 512 g/mol. The van der Waals surface area contributed by atoms with Crippen LogP contribution < -0.4 is 10.1 Å². The quantitative estimate of drug-likeness (QED) is 0.463. The average Bonchev–Trinajstić information content (AvgIpc) is 2.79. The number of sulfonamides is 1. The molecular formula is C21H32F3N3O6S. The van der Waals surface area contributed by atoms with E-state index in [1.54, 1.807) is 29.2 Å². The van der Waals surface area contributed by atoms with Gasteiger partial charge < -0.3 is 20.1 Å². The number of aliphatic carboxylic acids is 1. The Labute approximate surface area is 197 Å². The summed E-state index contributed by atoms with van der Waals surface area (Å²) in [6.07, 6.45) is -2.43. The van der Waals surface area contributed by atoms with Gasteiger partial charge >= 0.3 is 12.1 Å². The maximum Gasteiger partial charge on any atom is 0.490 e. The monoisotopic (exact) mass is 511 g/mol. The number of alkyl halides is 3. The minimum absolute atomic E-state index is 0.112. The number of nitrogens with zero attached hydrogens (tertiary/aromatic N) is 2. The molecule has 0 bridgehead atoms. The molecule has 0 aliphatic carbocycles. The Kier molecular flexibility index (Phi) is 12.3. The van der Waals surface area contributed by atoms with Gasteiger partial charge in [0.2, 0.25) is 15.9 Å². The van der Waals surface area contributed by atoms with E-state index in [1.807, 2.05) is 6.92 Å². The second kappa shape index (κ2) is 14.1. The van der Waals surface area contributed by atoms with Gasteiger partial charge in [-0.2, -0.15) is 17.5 Å². The van der Waals surface area contributed by atoms with E-state index in [0.717, 1.165) is 32.4 Å². The Morgan fingerprint density at radius 2 is 1.68 bits per heavy atom. The maximum atomic E-state index is 13.1. The molecule has 13 heteroatoms. The summed E-state index contributed by atoms with van der Waals surface area (Å²) in [7, 11) is -3.73. The fourth-order valence-corrected chi connectivity index (χ4v) is 4.44. The lowest BCUT2D eigenvalue weighted by Crippen LogP contribution is -2.50. The van der Waals surface area contributed by atoms with Gasteiger partial charge in [0.05, 0.1) is 18.0 Å². The van der Waals surface area contributed by atoms with Gasteiger partial charge in [-0.1, -0.05) is 19.8 Å². The lowest BCUT2D eigenvalue weighted by Gasteiger charge is -2.30. The summed E-state index contributed by atoms with van der Waals surface area (Å²) in [4.78, 5) is 23.4. The fraction of sp³-hybridized carbons (Fsp3) is 0.619. The van der Waals surface area contributed by atoms with Gasteiger partial charge in [-0.25, -0.2) is 13.2 Å². The van der Waals surface area contributed by atoms with Crippen LogP contribution >= 0.6 is 0 Å². The number of benzene rings is 1. The smallest absolute Gasteiger partial charge is 0.490 e. The molecule has 0 spiro atoms. The third kappa shape index (κ3) is 9.85. The highest BCUT2D eigenvalue weighted by Gasteiger charge is 2.38. The Morgan fingerprint density at radius 1 is 1.12 bits per heavy atom. The summed E-state index contributed by atoms with van der Waals surface area (Å²) in [6, 6.07) is 6.39. The third-order valence-electron chi connectivity index (χ3n) is 4.81. The molecular weight excluding hydrogens is 479 g/mol. The molecule has 0 radical (unpaired) electrons. The first kappa shape index (κ1) is 29.7. The number of carboxylic acids is 1. The summed E-state index contributed by atoms with van der Waals surface area (Å²) in [5, 5.41) is 10.3. The van der Waals surface area contributed by atoms with Crippen molar-refractivity contribution in [1.82, 2.24) is 14.5 Å². The van der Waals surface area contributed by atoms with E-state index in [9.17, 15) is 26.4 Å². The van der Waals surface area contributed by atoms with Crippen molar-refractivity contribution in [3.05, 3.63) is 24.3 Å². The lowest BCUT2D eigenvalue weighted by atomic mass is 10.2. The molecule has 0 aromatic heterocycles. The SMILES string of the molecule is CCCCCN(CC(=O)N1CCNCC1)S(=O)(=O)c1ccc(OCC)cc1.O=C(O)C(F)(F)F. The Balaban J connectivity index is 0.000000718. The van der Waals surface area contributed by atoms with Crippen molar-refractivity contribution < 1.29 is 41.0 Å². The molecule has 1 aromatic carbocycles. The molecule has 0 saturated carbocycles. The largest absolute Gasteiger partial charge is 0.494 e. The normalized spacial score (nSPS) is 14.4. The fourth-order valence-electron chi connectivity index (χ4n) is 3.01. The number of carbonyl (C=O) groups is 2. The number of carbonyl (C=O) groups excluding carboxylic acids is 1. The van der Waals surface area contributed by atoms with Crippen molar-refractivity contribution in [3.8, 4) is 5.75 Å². The van der Waals surface area contributed by atoms with Crippen molar-refractivity contribution in [3.63, 3.8) is 0 Å². The third-order valence-corrected chi connectivity index (χ3v) is 6.67. The lowest BCUT2D eigenvalue weighted by molar-refractivity contribution is -0.192. The van der Waals surface area contributed by atoms with Crippen LogP contribution in [0.2, 0.25) is 0 Å². The van der Waals surface area contributed by atoms with E-state index < -0.39 is 22.2 Å². The van der Waals surface area contributed by atoms with Crippen molar-refractivity contribution in [2.75, 3.05) is 45.9 Å². The molecule has 9 nitrogen and oxygen atoms in total. The first-order valence-corrected chi connectivity index (χ1v) is 12.4. The van der Waals surface area contributed by atoms with Crippen LogP contribution in [0.1, 0.15) is 33.1 Å². The van der Waals surface area contributed by atoms with Gasteiger partial charge in [-0.15, -0.1) is 0 Å². The van der Waals surface area contributed by atoms with Crippen molar-refractivity contribution >= 4 is 21.9 Å². The summed E-state index contributed by atoms with van der Waals surface area (Å²) in [6.45, 7) is 7.42. The summed E-state index contributed by atoms with van der Waals surface area (Å²) < 4.78 is 64.7. The Morgan fingerprint density at radius 3 is 2.15 bits per heavy atom. The first-order chi connectivity index (χ1) is 15.9. The topological polar surface area (TPSA) is 116 Å². The number of nitrogens with one attached hydrogen (secondary N) is 1. The second-order valence-corrected chi connectivity index (χ2v) is 9.32. The number of hydrogen-bond acceptors (Lipinski definition) is 6. The van der Waals surface area contributed by atoms with E-state index in [1.165, 1.54) is 4.31 Å². The summed E-state index contributed by atoms with van der Waals surface area (Å²) in [5.41, 5.74) is 0. The summed E-state index contributed by atoms with van der Waals surface area (Å²) >= 11 is 0. The number of piperazine rings is 1. The second-order valence-electron chi connectivity index (χ2n) is 7.38. The molecule has 1 fully saturated rings. The van der Waals surface area contributed by atoms with Crippen LogP contribution in [-0.2, 0) is 19.6 Å². The zero-order valence-corrected chi connectivity index (χ0v) is 20.1. The minimum atomic E-state index is -5.08. The van der Waals surface area contributed by atoms with Gasteiger partial charge in [0.1, 0.15) is 5.75 Å². The summed E-state index contributed by atoms with van der Waals surface area (Å²) in [5.74, 6) is -2.26. The highest BCUT2D eigenvalue weighted by atomic mass is 32.2. The zero-order valence-electron chi connectivity index (χ0n) is 19.3. The van der Waals surface area contributed by atoms with Crippen molar-refractivity contribution in [1.29, 1.82) is 0 Å². The number of carboxylic acid groups (broad SMARTS) is 1. The molecule has 1 aromatic rings. The van der Waals surface area contributed by atoms with Crippen molar-refractivity contribution in [2.45, 2.75) is 44.2 Å². The van der Waals surface area contributed by atoms with Crippen molar-refractivity contribution in [2.24, 2.45) is 0 Å². The molecule has 1 saturated heterocycles. The van der Waals surface area contributed by atoms with Gasteiger partial charge in [0.25, 0.3) is 0 Å². The van der Waals surface area contributed by atoms with Crippen LogP contribution in [0.4, 0.5) is 13.2 Å². The molecule has 2 rings (SSSR count). The number of halogens is 3. The molecule has 0 atom stereocenters. The van der Waals surface area contributed by atoms with Gasteiger partial charge in [0.15, 0.2) is 0 Å². The highest BCUT2D eigenvalue weighted by molar-refractivity contribution is 7.89. The number of rotatable bonds is 10. The van der Waals surface area contributed by atoms with Crippen LogP contribution in [0, 0.1) is 0 Å². The maximum absolute atomic E-state index is 13.1. The zero-order chi connectivity index (χ0) is 25.8. The molecule has 194 valence electrons. The molecule has 1 aliphatic rings. The van der Waals surface area contributed by atoms with E-state index in [2.05, 4.69) is 12.2 Å². The van der Waals surface area contributed by atoms with E-state index in [-0.39, 0.29) is 17.3 Å². The molecule has 2 N–H and O–H groups in total. The van der Waals surface area contributed by atoms with Gasteiger partial charge in [0, 0.05) is 32.7 Å². The molecule has 1 amide bonds. The Bertz CT molecular complexity index is 873.